The van der Waals surface area contributed by atoms with Crippen molar-refractivity contribution >= 4 is 23.3 Å². The number of carbonyl (C=O) groups is 2. The van der Waals surface area contributed by atoms with Crippen LogP contribution in [0.25, 0.3) is 11.3 Å². The van der Waals surface area contributed by atoms with E-state index in [0.29, 0.717) is 35.3 Å². The molecule has 1 aliphatic carbocycles. The molecule has 6 nitrogen and oxygen atoms in total. The summed E-state index contributed by atoms with van der Waals surface area (Å²) in [7, 11) is 0. The van der Waals surface area contributed by atoms with Crippen molar-refractivity contribution in [3.63, 3.8) is 0 Å². The van der Waals surface area contributed by atoms with Crippen LogP contribution in [-0.2, 0) is 9.59 Å². The van der Waals surface area contributed by atoms with Crippen LogP contribution in [0.1, 0.15) is 76.5 Å². The second-order valence-electron chi connectivity index (χ2n) is 9.66. The maximum atomic E-state index is 13.0. The number of halogens is 1. The number of piperidine rings is 1. The van der Waals surface area contributed by atoms with E-state index in [4.69, 9.17) is 21.8 Å². The topological polar surface area (TPSA) is 98.2 Å². The number of carbonyl (C=O) groups excluding carboxylic acids is 2. The molecule has 2 atom stereocenters. The zero-order valence-corrected chi connectivity index (χ0v) is 20.1. The van der Waals surface area contributed by atoms with E-state index >= 15 is 0 Å². The number of rotatable bonds is 11. The van der Waals surface area contributed by atoms with Crippen molar-refractivity contribution in [3.05, 3.63) is 41.4 Å². The van der Waals surface area contributed by atoms with Crippen LogP contribution in [0.5, 0.6) is 0 Å². The number of benzene rings is 1. The fourth-order valence-corrected chi connectivity index (χ4v) is 5.96. The van der Waals surface area contributed by atoms with Crippen molar-refractivity contribution in [3.8, 4) is 11.3 Å². The Morgan fingerprint density at radius 2 is 1.91 bits per heavy atom. The highest BCUT2D eigenvalue weighted by atomic mass is 35.5. The van der Waals surface area contributed by atoms with E-state index in [2.05, 4.69) is 10.3 Å². The normalized spacial score (nSPS) is 22.2. The van der Waals surface area contributed by atoms with Gasteiger partial charge in [-0.15, -0.1) is 0 Å². The molecule has 3 N–H and O–H groups in total. The summed E-state index contributed by atoms with van der Waals surface area (Å²) in [4.78, 5) is 29.3. The lowest BCUT2D eigenvalue weighted by Gasteiger charge is -2.32. The zero-order chi connectivity index (χ0) is 23.5. The monoisotopic (exact) mass is 471 g/mol. The molecule has 0 bridgehead atoms. The van der Waals surface area contributed by atoms with Crippen molar-refractivity contribution in [2.24, 2.45) is 16.6 Å². The number of hydrogen-bond donors (Lipinski definition) is 2. The first-order valence-electron chi connectivity index (χ1n) is 12.2. The quantitative estimate of drug-likeness (QED) is 0.436. The van der Waals surface area contributed by atoms with Crippen molar-refractivity contribution in [2.45, 2.75) is 70.6 Å². The minimum atomic E-state index is -0.615. The Balaban J connectivity index is 1.57. The number of nitrogens with two attached hydrogens (primary N) is 1. The molecule has 0 radical (unpaired) electrons. The number of aromatic nitrogens is 1. The van der Waals surface area contributed by atoms with Gasteiger partial charge in [0.15, 0.2) is 11.7 Å². The third-order valence-electron chi connectivity index (χ3n) is 7.83. The Bertz CT molecular complexity index is 981. The number of nitrogens with one attached hydrogen (secondary N) is 1. The molecular formula is C26H34ClN3O3. The van der Waals surface area contributed by atoms with Crippen LogP contribution in [0.3, 0.4) is 0 Å². The van der Waals surface area contributed by atoms with Gasteiger partial charge in [0.05, 0.1) is 17.5 Å². The summed E-state index contributed by atoms with van der Waals surface area (Å²) < 4.78 is 6.26. The highest BCUT2D eigenvalue weighted by molar-refractivity contribution is 6.30. The molecule has 1 aliphatic heterocycles. The molecule has 1 aromatic carbocycles. The molecule has 1 amide bonds. The Morgan fingerprint density at radius 3 is 2.58 bits per heavy atom. The molecule has 2 heterocycles. The van der Waals surface area contributed by atoms with Crippen LogP contribution >= 0.6 is 11.6 Å². The SMILES string of the molecule is CCC(=O)CCCCC[C@H](c1ncc(-c2ccc(Cl)cc2)o1)C1(C(N)=O)CC12CCNCC2. The van der Waals surface area contributed by atoms with E-state index in [0.717, 1.165) is 63.6 Å². The summed E-state index contributed by atoms with van der Waals surface area (Å²) in [5, 5.41) is 4.07. The molecule has 2 aliphatic rings. The Morgan fingerprint density at radius 1 is 1.18 bits per heavy atom. The summed E-state index contributed by atoms with van der Waals surface area (Å²) >= 11 is 6.03. The number of Topliss-reactive ketones (excluding diaryl/α,β-unsaturated/α-hetero) is 1. The number of unbranched alkanes of at least 4 members (excludes halogenated alkanes) is 2. The maximum Gasteiger partial charge on any atom is 0.225 e. The number of amides is 1. The van der Waals surface area contributed by atoms with Gasteiger partial charge in [0.2, 0.25) is 5.91 Å². The number of ketones is 1. The average Bonchev–Trinajstić information content (AvgIpc) is 3.19. The number of hydrogen-bond acceptors (Lipinski definition) is 5. The first-order chi connectivity index (χ1) is 15.9. The number of nitrogens with zero attached hydrogens (tertiary/aromatic N) is 1. The lowest BCUT2D eigenvalue weighted by molar-refractivity contribution is -0.126. The molecule has 2 aromatic rings. The predicted molar refractivity (Wildman–Crippen MR) is 129 cm³/mol. The minimum Gasteiger partial charge on any atom is -0.440 e. The Labute approximate surface area is 200 Å². The molecule has 4 rings (SSSR count). The first-order valence-corrected chi connectivity index (χ1v) is 12.5. The van der Waals surface area contributed by atoms with Crippen LogP contribution in [0.4, 0.5) is 0 Å². The van der Waals surface area contributed by atoms with E-state index in [9.17, 15) is 9.59 Å². The number of primary amides is 1. The van der Waals surface area contributed by atoms with Gasteiger partial charge in [0, 0.05) is 23.4 Å². The largest absolute Gasteiger partial charge is 0.440 e. The number of oxazole rings is 1. The third kappa shape index (κ3) is 4.73. The summed E-state index contributed by atoms with van der Waals surface area (Å²) in [6.07, 6.45) is 9.14. The van der Waals surface area contributed by atoms with Gasteiger partial charge in [-0.3, -0.25) is 9.59 Å². The standard InChI is InChI=1S/C26H34ClN3O3/c1-2-20(31)6-4-3-5-7-21(26(24(28)32)17-25(26)12-14-29-15-13-25)23-30-16-22(33-23)18-8-10-19(27)11-9-18/h8-11,16,21,29H,2-7,12-15,17H2,1H3,(H2,28,32)/t21-,26?/m1/s1. The van der Waals surface area contributed by atoms with Gasteiger partial charge in [-0.2, -0.15) is 0 Å². The molecule has 178 valence electrons. The van der Waals surface area contributed by atoms with E-state index < -0.39 is 5.41 Å². The van der Waals surface area contributed by atoms with Crippen LogP contribution in [0.15, 0.2) is 34.9 Å². The third-order valence-corrected chi connectivity index (χ3v) is 8.08. The molecule has 1 unspecified atom stereocenters. The van der Waals surface area contributed by atoms with Gasteiger partial charge in [-0.05, 0) is 74.9 Å². The lowest BCUT2D eigenvalue weighted by Crippen LogP contribution is -2.40. The van der Waals surface area contributed by atoms with E-state index in [1.807, 2.05) is 31.2 Å². The molecule has 1 aromatic heterocycles. The van der Waals surface area contributed by atoms with Crippen LogP contribution in [-0.4, -0.2) is 29.8 Å². The zero-order valence-electron chi connectivity index (χ0n) is 19.4. The fraction of sp³-hybridized carbons (Fsp3) is 0.577. The molecule has 7 heteroatoms. The second-order valence-corrected chi connectivity index (χ2v) is 10.1. The smallest absolute Gasteiger partial charge is 0.225 e. The summed E-state index contributed by atoms with van der Waals surface area (Å²) in [6, 6.07) is 7.46. The summed E-state index contributed by atoms with van der Waals surface area (Å²) in [5.74, 6) is 1.17. The van der Waals surface area contributed by atoms with E-state index in [-0.39, 0.29) is 17.2 Å². The van der Waals surface area contributed by atoms with Gasteiger partial charge in [-0.25, -0.2) is 4.98 Å². The molecule has 1 spiro atoms. The molecular weight excluding hydrogens is 438 g/mol. The Hall–Kier alpha value is -2.18. The van der Waals surface area contributed by atoms with Crippen molar-refractivity contribution in [1.29, 1.82) is 0 Å². The predicted octanol–water partition coefficient (Wildman–Crippen LogP) is 5.25. The molecule has 2 fully saturated rings. The summed E-state index contributed by atoms with van der Waals surface area (Å²) in [5.41, 5.74) is 6.33. The van der Waals surface area contributed by atoms with Gasteiger partial charge in [0.25, 0.3) is 0 Å². The second kappa shape index (κ2) is 9.98. The highest BCUT2D eigenvalue weighted by Crippen LogP contribution is 2.74. The minimum absolute atomic E-state index is 0.0676. The van der Waals surface area contributed by atoms with Gasteiger partial charge in [-0.1, -0.05) is 31.4 Å². The first kappa shape index (κ1) is 24.0. The van der Waals surface area contributed by atoms with Crippen molar-refractivity contribution in [2.75, 3.05) is 13.1 Å². The highest BCUT2D eigenvalue weighted by Gasteiger charge is 2.74. The van der Waals surface area contributed by atoms with Crippen molar-refractivity contribution in [1.82, 2.24) is 10.3 Å². The van der Waals surface area contributed by atoms with Crippen LogP contribution < -0.4 is 11.1 Å². The van der Waals surface area contributed by atoms with Crippen molar-refractivity contribution < 1.29 is 14.0 Å². The summed E-state index contributed by atoms with van der Waals surface area (Å²) in [6.45, 7) is 3.71. The average molecular weight is 472 g/mol. The van der Waals surface area contributed by atoms with Crippen LogP contribution in [0, 0.1) is 10.8 Å². The molecule has 33 heavy (non-hydrogen) atoms. The van der Waals surface area contributed by atoms with E-state index in [1.54, 1.807) is 6.20 Å². The Kier molecular flexibility index (Phi) is 7.25. The molecule has 1 saturated heterocycles. The van der Waals surface area contributed by atoms with Gasteiger partial charge in [0.1, 0.15) is 5.78 Å². The fourth-order valence-electron chi connectivity index (χ4n) is 5.83. The van der Waals surface area contributed by atoms with E-state index in [1.165, 1.54) is 0 Å². The lowest BCUT2D eigenvalue weighted by atomic mass is 9.74. The van der Waals surface area contributed by atoms with Gasteiger partial charge >= 0.3 is 0 Å². The molecule has 1 saturated carbocycles. The maximum absolute atomic E-state index is 13.0. The van der Waals surface area contributed by atoms with Crippen LogP contribution in [0.2, 0.25) is 5.02 Å². The van der Waals surface area contributed by atoms with Gasteiger partial charge < -0.3 is 15.5 Å².